The lowest BCUT2D eigenvalue weighted by atomic mass is 10.1. The maximum Gasteiger partial charge on any atom is 0.137 e. The summed E-state index contributed by atoms with van der Waals surface area (Å²) in [7, 11) is 0. The highest BCUT2D eigenvalue weighted by Crippen LogP contribution is 2.28. The Kier molecular flexibility index (Phi) is 3.41. The maximum absolute atomic E-state index is 13.0. The van der Waals surface area contributed by atoms with E-state index in [0.717, 1.165) is 23.7 Å². The second-order valence-corrected chi connectivity index (χ2v) is 4.44. The van der Waals surface area contributed by atoms with E-state index in [1.54, 1.807) is 6.07 Å². The molecule has 80 valence electrons. The van der Waals surface area contributed by atoms with Gasteiger partial charge in [0, 0.05) is 6.07 Å². The smallest absolute Gasteiger partial charge is 0.137 e. The van der Waals surface area contributed by atoms with Crippen molar-refractivity contribution >= 4 is 15.9 Å². The summed E-state index contributed by atoms with van der Waals surface area (Å²) in [6, 6.07) is 4.48. The molecular weight excluding hydrogens is 259 g/mol. The van der Waals surface area contributed by atoms with Crippen molar-refractivity contribution in [3.05, 3.63) is 40.6 Å². The first kappa shape index (κ1) is 10.7. The predicted octanol–water partition coefficient (Wildman–Crippen LogP) is 4.08. The molecule has 1 nitrogen and oxygen atoms in total. The molecular formula is C12H12BrFO. The van der Waals surface area contributed by atoms with E-state index in [2.05, 4.69) is 22.0 Å². The van der Waals surface area contributed by atoms with Crippen LogP contribution in [0.1, 0.15) is 19.3 Å². The zero-order valence-electron chi connectivity index (χ0n) is 8.25. The van der Waals surface area contributed by atoms with Gasteiger partial charge in [0.1, 0.15) is 17.7 Å². The molecule has 0 bridgehead atoms. The molecule has 1 aromatic carbocycles. The zero-order chi connectivity index (χ0) is 10.7. The molecule has 0 saturated heterocycles. The van der Waals surface area contributed by atoms with Crippen LogP contribution >= 0.6 is 15.9 Å². The van der Waals surface area contributed by atoms with Crippen molar-refractivity contribution in [1.82, 2.24) is 0 Å². The summed E-state index contributed by atoms with van der Waals surface area (Å²) in [4.78, 5) is 0. The monoisotopic (exact) mass is 270 g/mol. The number of benzene rings is 1. The van der Waals surface area contributed by atoms with Gasteiger partial charge in [-0.05, 0) is 53.4 Å². The summed E-state index contributed by atoms with van der Waals surface area (Å²) in [6.45, 7) is 0. The van der Waals surface area contributed by atoms with Crippen LogP contribution in [-0.4, -0.2) is 6.10 Å². The van der Waals surface area contributed by atoms with Gasteiger partial charge in [0.2, 0.25) is 0 Å². The molecule has 0 spiro atoms. The average Bonchev–Trinajstić information content (AvgIpc) is 2.25. The molecule has 1 aromatic rings. The zero-order valence-corrected chi connectivity index (χ0v) is 9.84. The summed E-state index contributed by atoms with van der Waals surface area (Å²) in [6.07, 6.45) is 7.48. The van der Waals surface area contributed by atoms with Crippen molar-refractivity contribution < 1.29 is 9.13 Å². The molecule has 1 atom stereocenters. The highest BCUT2D eigenvalue weighted by Gasteiger charge is 2.12. The number of halogens is 2. The lowest BCUT2D eigenvalue weighted by Crippen LogP contribution is -2.15. The normalized spacial score (nSPS) is 20.3. The van der Waals surface area contributed by atoms with Crippen LogP contribution in [0.25, 0.3) is 0 Å². The first-order chi connectivity index (χ1) is 7.25. The number of rotatable bonds is 2. The van der Waals surface area contributed by atoms with Crippen LogP contribution in [0.15, 0.2) is 34.8 Å². The van der Waals surface area contributed by atoms with Crippen molar-refractivity contribution in [3.8, 4) is 5.75 Å². The van der Waals surface area contributed by atoms with Gasteiger partial charge in [0.05, 0.1) is 4.47 Å². The third-order valence-corrected chi connectivity index (χ3v) is 3.04. The molecule has 0 N–H and O–H groups in total. The fourth-order valence-corrected chi connectivity index (χ4v) is 1.95. The molecule has 15 heavy (non-hydrogen) atoms. The lowest BCUT2D eigenvalue weighted by molar-refractivity contribution is 0.227. The Bertz CT molecular complexity index is 376. The summed E-state index contributed by atoms with van der Waals surface area (Å²) < 4.78 is 19.5. The Balaban J connectivity index is 2.12. The second-order valence-electron chi connectivity index (χ2n) is 3.59. The molecule has 2 rings (SSSR count). The van der Waals surface area contributed by atoms with E-state index in [1.165, 1.54) is 12.1 Å². The van der Waals surface area contributed by atoms with E-state index in [0.29, 0.717) is 5.75 Å². The standard InChI is InChI=1S/C12H12BrFO/c13-11-7-6-9(14)8-12(11)15-10-4-2-1-3-5-10/h2,4,6-8,10H,1,3,5H2. The van der Waals surface area contributed by atoms with Crippen molar-refractivity contribution in [2.75, 3.05) is 0 Å². The third-order valence-electron chi connectivity index (χ3n) is 2.38. The Hall–Kier alpha value is -0.830. The third kappa shape index (κ3) is 2.81. The summed E-state index contributed by atoms with van der Waals surface area (Å²) in [5, 5.41) is 0. The fourth-order valence-electron chi connectivity index (χ4n) is 1.61. The number of ether oxygens (including phenoxy) is 1. The summed E-state index contributed by atoms with van der Waals surface area (Å²) in [5.74, 6) is 0.305. The largest absolute Gasteiger partial charge is 0.485 e. The quantitative estimate of drug-likeness (QED) is 0.736. The molecule has 0 heterocycles. The van der Waals surface area contributed by atoms with E-state index >= 15 is 0 Å². The minimum atomic E-state index is -0.270. The van der Waals surface area contributed by atoms with Gasteiger partial charge in [-0.2, -0.15) is 0 Å². The van der Waals surface area contributed by atoms with E-state index in [9.17, 15) is 4.39 Å². The van der Waals surface area contributed by atoms with E-state index < -0.39 is 0 Å². The maximum atomic E-state index is 13.0. The Morgan fingerprint density at radius 2 is 2.27 bits per heavy atom. The van der Waals surface area contributed by atoms with Crippen molar-refractivity contribution in [2.24, 2.45) is 0 Å². The molecule has 3 heteroatoms. The number of hydrogen-bond acceptors (Lipinski definition) is 1. The van der Waals surface area contributed by atoms with Gasteiger partial charge in [0.25, 0.3) is 0 Å². The minimum absolute atomic E-state index is 0.0804. The SMILES string of the molecule is Fc1ccc(Br)c(OC2C=CCCC2)c1. The topological polar surface area (TPSA) is 9.23 Å². The predicted molar refractivity (Wildman–Crippen MR) is 61.5 cm³/mol. The molecule has 0 fully saturated rings. The van der Waals surface area contributed by atoms with Crippen molar-refractivity contribution in [2.45, 2.75) is 25.4 Å². The Morgan fingerprint density at radius 1 is 1.40 bits per heavy atom. The van der Waals surface area contributed by atoms with Crippen LogP contribution in [0.4, 0.5) is 4.39 Å². The van der Waals surface area contributed by atoms with Gasteiger partial charge in [-0.3, -0.25) is 0 Å². The van der Waals surface area contributed by atoms with Crippen LogP contribution in [0.3, 0.4) is 0 Å². The van der Waals surface area contributed by atoms with Crippen LogP contribution in [0, 0.1) is 5.82 Å². The molecule has 1 unspecified atom stereocenters. The lowest BCUT2D eigenvalue weighted by Gasteiger charge is -2.19. The van der Waals surface area contributed by atoms with Gasteiger partial charge in [-0.25, -0.2) is 4.39 Å². The molecule has 1 aliphatic rings. The highest BCUT2D eigenvalue weighted by molar-refractivity contribution is 9.10. The molecule has 0 aromatic heterocycles. The first-order valence-electron chi connectivity index (χ1n) is 5.04. The van der Waals surface area contributed by atoms with Gasteiger partial charge in [-0.1, -0.05) is 6.08 Å². The van der Waals surface area contributed by atoms with Crippen LogP contribution in [0.2, 0.25) is 0 Å². The van der Waals surface area contributed by atoms with Crippen molar-refractivity contribution in [3.63, 3.8) is 0 Å². The molecule has 0 radical (unpaired) electrons. The fraction of sp³-hybridized carbons (Fsp3) is 0.333. The molecule has 0 amide bonds. The van der Waals surface area contributed by atoms with Gasteiger partial charge >= 0.3 is 0 Å². The minimum Gasteiger partial charge on any atom is -0.485 e. The second kappa shape index (κ2) is 4.79. The van der Waals surface area contributed by atoms with E-state index in [-0.39, 0.29) is 11.9 Å². The van der Waals surface area contributed by atoms with Crippen LogP contribution in [0.5, 0.6) is 5.75 Å². The van der Waals surface area contributed by atoms with Crippen LogP contribution in [-0.2, 0) is 0 Å². The van der Waals surface area contributed by atoms with E-state index in [4.69, 9.17) is 4.74 Å². The highest BCUT2D eigenvalue weighted by atomic mass is 79.9. The van der Waals surface area contributed by atoms with Crippen molar-refractivity contribution in [1.29, 1.82) is 0 Å². The van der Waals surface area contributed by atoms with E-state index in [1.807, 2.05) is 6.08 Å². The van der Waals surface area contributed by atoms with Gasteiger partial charge in [-0.15, -0.1) is 0 Å². The molecule has 0 aliphatic heterocycles. The van der Waals surface area contributed by atoms with Gasteiger partial charge < -0.3 is 4.74 Å². The first-order valence-corrected chi connectivity index (χ1v) is 5.83. The molecule has 1 aliphatic carbocycles. The average molecular weight is 271 g/mol. The van der Waals surface area contributed by atoms with Gasteiger partial charge in [0.15, 0.2) is 0 Å². The summed E-state index contributed by atoms with van der Waals surface area (Å²) in [5.41, 5.74) is 0. The van der Waals surface area contributed by atoms with Crippen LogP contribution < -0.4 is 4.74 Å². The number of hydrogen-bond donors (Lipinski definition) is 0. The Morgan fingerprint density at radius 3 is 3.00 bits per heavy atom. The summed E-state index contributed by atoms with van der Waals surface area (Å²) >= 11 is 3.34. The molecule has 0 saturated carbocycles. The Labute approximate surface area is 97.1 Å². The number of allylic oxidation sites excluding steroid dienone is 1.